The molecule has 0 radical (unpaired) electrons. The molecule has 6 nitrogen and oxygen atoms in total. The van der Waals surface area contributed by atoms with Crippen molar-refractivity contribution in [3.8, 4) is 6.07 Å². The van der Waals surface area contributed by atoms with E-state index in [1.807, 2.05) is 13.8 Å². The zero-order valence-electron chi connectivity index (χ0n) is 16.4. The van der Waals surface area contributed by atoms with Gasteiger partial charge in [-0.15, -0.1) is 0 Å². The highest BCUT2D eigenvalue weighted by Crippen LogP contribution is 2.39. The molecule has 2 aliphatic rings. The second kappa shape index (κ2) is 6.95. The number of fused-ring (bicyclic) bond motifs is 2. The molecule has 2 fully saturated rings. The first kappa shape index (κ1) is 18.0. The smallest absolute Gasteiger partial charge is 0.223 e. The summed E-state index contributed by atoms with van der Waals surface area (Å²) in [5.41, 5.74) is 4.00. The maximum atomic E-state index is 13.1. The molecule has 1 aliphatic carbocycles. The van der Waals surface area contributed by atoms with Crippen LogP contribution in [0.15, 0.2) is 6.20 Å². The van der Waals surface area contributed by atoms with Crippen LogP contribution in [0.25, 0.3) is 5.65 Å². The fourth-order valence-electron chi connectivity index (χ4n) is 5.25. The molecule has 0 spiro atoms. The van der Waals surface area contributed by atoms with Crippen LogP contribution in [-0.4, -0.2) is 37.5 Å². The Morgan fingerprint density at radius 2 is 2.11 bits per heavy atom. The lowest BCUT2D eigenvalue weighted by Crippen LogP contribution is -2.42. The Kier molecular flexibility index (Phi) is 4.63. The summed E-state index contributed by atoms with van der Waals surface area (Å²) in [5.74, 6) is 0.974. The average molecular weight is 365 g/mol. The summed E-state index contributed by atoms with van der Waals surface area (Å²) in [6.07, 6.45) is 8.89. The molecule has 3 atom stereocenters. The van der Waals surface area contributed by atoms with E-state index < -0.39 is 0 Å². The van der Waals surface area contributed by atoms with E-state index in [2.05, 4.69) is 28.0 Å². The summed E-state index contributed by atoms with van der Waals surface area (Å²) in [5, 5.41) is 13.5. The van der Waals surface area contributed by atoms with E-state index in [0.717, 1.165) is 29.8 Å². The molecule has 1 saturated carbocycles. The molecule has 2 aromatic rings. The zero-order valence-corrected chi connectivity index (χ0v) is 16.4. The van der Waals surface area contributed by atoms with E-state index in [1.165, 1.54) is 19.3 Å². The van der Waals surface area contributed by atoms with Gasteiger partial charge in [0.15, 0.2) is 5.65 Å². The summed E-state index contributed by atoms with van der Waals surface area (Å²) in [7, 11) is 0. The van der Waals surface area contributed by atoms with Crippen molar-refractivity contribution in [3.63, 3.8) is 0 Å². The molecule has 1 aliphatic heterocycles. The number of nitrogens with zero attached hydrogens (tertiary/aromatic N) is 5. The third-order valence-electron chi connectivity index (χ3n) is 6.55. The maximum absolute atomic E-state index is 13.1. The van der Waals surface area contributed by atoms with Gasteiger partial charge in [0.05, 0.1) is 6.20 Å². The van der Waals surface area contributed by atoms with Crippen molar-refractivity contribution in [2.75, 3.05) is 0 Å². The Balaban J connectivity index is 1.53. The molecule has 6 heteroatoms. The van der Waals surface area contributed by atoms with Gasteiger partial charge in [0, 0.05) is 29.9 Å². The lowest BCUT2D eigenvalue weighted by atomic mass is 9.85. The van der Waals surface area contributed by atoms with Crippen LogP contribution in [0.4, 0.5) is 0 Å². The third kappa shape index (κ3) is 2.99. The van der Waals surface area contributed by atoms with Crippen molar-refractivity contribution in [2.45, 2.75) is 77.8 Å². The lowest BCUT2D eigenvalue weighted by molar-refractivity contribution is -0.134. The molecule has 4 rings (SSSR count). The van der Waals surface area contributed by atoms with Crippen molar-refractivity contribution in [1.82, 2.24) is 19.5 Å². The van der Waals surface area contributed by atoms with Gasteiger partial charge in [-0.05, 0) is 57.9 Å². The van der Waals surface area contributed by atoms with Crippen LogP contribution in [0, 0.1) is 31.1 Å². The number of likely N-dealkylation sites (tertiary alicyclic amines) is 1. The standard InChI is InChI=1S/C21H27N5O/c1-13-10-16-6-4-5-7-19(16)25(13)20(27)9-8-18-14(2)24-21-17(11-22)12-23-26(21)15(18)3/h12-13,16,19H,4-10H2,1-3H3. The Morgan fingerprint density at radius 1 is 1.33 bits per heavy atom. The number of aryl methyl sites for hydroxylation is 2. The van der Waals surface area contributed by atoms with Crippen LogP contribution in [0.3, 0.4) is 0 Å². The van der Waals surface area contributed by atoms with E-state index in [-0.39, 0.29) is 5.91 Å². The highest BCUT2D eigenvalue weighted by Gasteiger charge is 2.42. The molecule has 0 bridgehead atoms. The largest absolute Gasteiger partial charge is 0.337 e. The number of hydrogen-bond donors (Lipinski definition) is 0. The van der Waals surface area contributed by atoms with Crippen molar-refractivity contribution >= 4 is 11.6 Å². The van der Waals surface area contributed by atoms with Crippen molar-refractivity contribution < 1.29 is 4.79 Å². The first-order valence-electron chi connectivity index (χ1n) is 10.1. The Labute approximate surface area is 160 Å². The molecule has 3 unspecified atom stereocenters. The van der Waals surface area contributed by atoms with Gasteiger partial charge < -0.3 is 4.90 Å². The molecular formula is C21H27N5O. The highest BCUT2D eigenvalue weighted by atomic mass is 16.2. The minimum absolute atomic E-state index is 0.272. The predicted molar refractivity (Wildman–Crippen MR) is 102 cm³/mol. The third-order valence-corrected chi connectivity index (χ3v) is 6.55. The van der Waals surface area contributed by atoms with Gasteiger partial charge in [0.2, 0.25) is 5.91 Å². The van der Waals surface area contributed by atoms with Gasteiger partial charge in [-0.25, -0.2) is 9.50 Å². The van der Waals surface area contributed by atoms with Gasteiger partial charge in [-0.3, -0.25) is 4.79 Å². The van der Waals surface area contributed by atoms with Crippen molar-refractivity contribution in [1.29, 1.82) is 5.26 Å². The van der Waals surface area contributed by atoms with E-state index in [1.54, 1.807) is 10.7 Å². The lowest BCUT2D eigenvalue weighted by Gasteiger charge is -2.33. The predicted octanol–water partition coefficient (Wildman–Crippen LogP) is 3.33. The number of carbonyl (C=O) groups excluding carboxylic acids is 1. The minimum atomic E-state index is 0.272. The SMILES string of the molecule is Cc1nc2c(C#N)cnn2c(C)c1CCC(=O)N1C(C)CC2CCCCC21. The monoisotopic (exact) mass is 365 g/mol. The first-order valence-corrected chi connectivity index (χ1v) is 10.1. The molecule has 0 N–H and O–H groups in total. The number of amides is 1. The van der Waals surface area contributed by atoms with Crippen molar-refractivity contribution in [2.24, 2.45) is 5.92 Å². The van der Waals surface area contributed by atoms with Gasteiger partial charge in [0.25, 0.3) is 0 Å². The first-order chi connectivity index (χ1) is 13.0. The van der Waals surface area contributed by atoms with Gasteiger partial charge in [0.1, 0.15) is 11.6 Å². The summed E-state index contributed by atoms with van der Waals surface area (Å²) in [6.45, 7) is 6.15. The fourth-order valence-corrected chi connectivity index (χ4v) is 5.25. The highest BCUT2D eigenvalue weighted by molar-refractivity contribution is 5.77. The Hall–Kier alpha value is -2.42. The Bertz CT molecular complexity index is 925. The zero-order chi connectivity index (χ0) is 19.1. The molecule has 27 heavy (non-hydrogen) atoms. The average Bonchev–Trinajstić information content (AvgIpc) is 3.21. The Morgan fingerprint density at radius 3 is 2.89 bits per heavy atom. The van der Waals surface area contributed by atoms with Gasteiger partial charge in [-0.1, -0.05) is 12.8 Å². The van der Waals surface area contributed by atoms with E-state index in [9.17, 15) is 10.1 Å². The van der Waals surface area contributed by atoms with Gasteiger partial charge in [-0.2, -0.15) is 10.4 Å². The summed E-state index contributed by atoms with van der Waals surface area (Å²) in [6, 6.07) is 2.95. The molecule has 1 amide bonds. The number of hydrogen-bond acceptors (Lipinski definition) is 4. The normalized spacial score (nSPS) is 24.8. The van der Waals surface area contributed by atoms with Crippen molar-refractivity contribution in [3.05, 3.63) is 28.7 Å². The quantitative estimate of drug-likeness (QED) is 0.836. The number of nitriles is 1. The van der Waals surface area contributed by atoms with Crippen LogP contribution >= 0.6 is 0 Å². The summed E-state index contributed by atoms with van der Waals surface area (Å²) >= 11 is 0. The van der Waals surface area contributed by atoms with E-state index in [4.69, 9.17) is 0 Å². The second-order valence-electron chi connectivity index (χ2n) is 8.16. The molecule has 0 aromatic carbocycles. The molecule has 3 heterocycles. The number of aromatic nitrogens is 3. The van der Waals surface area contributed by atoms with Crippen LogP contribution in [0.1, 0.15) is 68.0 Å². The molecule has 1 saturated heterocycles. The van der Waals surface area contributed by atoms with Gasteiger partial charge >= 0.3 is 0 Å². The topological polar surface area (TPSA) is 74.3 Å². The molecule has 142 valence electrons. The number of carbonyl (C=O) groups is 1. The summed E-state index contributed by atoms with van der Waals surface area (Å²) < 4.78 is 1.72. The molecule has 2 aromatic heterocycles. The van der Waals surface area contributed by atoms with E-state index in [0.29, 0.717) is 42.1 Å². The minimum Gasteiger partial charge on any atom is -0.337 e. The summed E-state index contributed by atoms with van der Waals surface area (Å²) in [4.78, 5) is 19.8. The molecular weight excluding hydrogens is 338 g/mol. The van der Waals surface area contributed by atoms with Crippen LogP contribution in [0.5, 0.6) is 0 Å². The maximum Gasteiger partial charge on any atom is 0.223 e. The van der Waals surface area contributed by atoms with Crippen LogP contribution in [0.2, 0.25) is 0 Å². The fraction of sp³-hybridized carbons (Fsp3) is 0.619. The number of rotatable bonds is 3. The van der Waals surface area contributed by atoms with Crippen LogP contribution < -0.4 is 0 Å². The van der Waals surface area contributed by atoms with E-state index >= 15 is 0 Å². The van der Waals surface area contributed by atoms with Crippen LogP contribution in [-0.2, 0) is 11.2 Å². The second-order valence-corrected chi connectivity index (χ2v) is 8.16.